The minimum absolute atomic E-state index is 0.0270. The molecule has 1 aliphatic heterocycles. The van der Waals surface area contributed by atoms with Gasteiger partial charge in [-0.25, -0.2) is 8.42 Å². The van der Waals surface area contributed by atoms with Crippen molar-refractivity contribution in [3.63, 3.8) is 0 Å². The molecule has 0 bridgehead atoms. The molecule has 0 aliphatic carbocycles. The third-order valence-corrected chi connectivity index (χ3v) is 6.62. The lowest BCUT2D eigenvalue weighted by Gasteiger charge is -2.20. The SMILES string of the molecule is Cc1ccc(S(=O)(=O)Nc2cccc(C(=O)Nc3ccccc3N3CCCC3=O)c2)cc1. The first-order chi connectivity index (χ1) is 15.3. The van der Waals surface area contributed by atoms with Gasteiger partial charge in [-0.05, 0) is 55.8 Å². The Morgan fingerprint density at radius 3 is 2.44 bits per heavy atom. The minimum atomic E-state index is -3.78. The zero-order valence-corrected chi connectivity index (χ0v) is 18.4. The van der Waals surface area contributed by atoms with E-state index in [0.29, 0.717) is 24.3 Å². The third-order valence-electron chi connectivity index (χ3n) is 5.22. The molecule has 2 N–H and O–H groups in total. The number of carbonyl (C=O) groups is 2. The Balaban J connectivity index is 1.54. The third kappa shape index (κ3) is 4.65. The zero-order valence-electron chi connectivity index (χ0n) is 17.5. The molecule has 8 heteroatoms. The molecule has 4 rings (SSSR count). The number of sulfonamides is 1. The van der Waals surface area contributed by atoms with E-state index >= 15 is 0 Å². The number of para-hydroxylation sites is 2. The van der Waals surface area contributed by atoms with E-state index in [1.54, 1.807) is 53.4 Å². The van der Waals surface area contributed by atoms with Crippen molar-refractivity contribution in [3.05, 3.63) is 83.9 Å². The summed E-state index contributed by atoms with van der Waals surface area (Å²) in [6, 6.07) is 19.9. The van der Waals surface area contributed by atoms with Gasteiger partial charge in [-0.1, -0.05) is 35.9 Å². The van der Waals surface area contributed by atoms with Gasteiger partial charge in [0.1, 0.15) is 0 Å². The summed E-state index contributed by atoms with van der Waals surface area (Å²) in [5, 5.41) is 2.84. The van der Waals surface area contributed by atoms with E-state index in [4.69, 9.17) is 0 Å². The minimum Gasteiger partial charge on any atom is -0.320 e. The van der Waals surface area contributed by atoms with E-state index in [9.17, 15) is 18.0 Å². The quantitative estimate of drug-likeness (QED) is 0.590. The van der Waals surface area contributed by atoms with Crippen molar-refractivity contribution in [3.8, 4) is 0 Å². The lowest BCUT2D eigenvalue weighted by molar-refractivity contribution is -0.117. The van der Waals surface area contributed by atoms with E-state index in [1.807, 2.05) is 13.0 Å². The van der Waals surface area contributed by atoms with Gasteiger partial charge in [-0.2, -0.15) is 0 Å². The molecule has 0 unspecified atom stereocenters. The highest BCUT2D eigenvalue weighted by atomic mass is 32.2. The average molecular weight is 450 g/mol. The second-order valence-corrected chi connectivity index (χ2v) is 9.30. The van der Waals surface area contributed by atoms with Crippen LogP contribution in [0.3, 0.4) is 0 Å². The van der Waals surface area contributed by atoms with Crippen LogP contribution in [0.5, 0.6) is 0 Å². The van der Waals surface area contributed by atoms with Gasteiger partial charge in [-0.15, -0.1) is 0 Å². The lowest BCUT2D eigenvalue weighted by atomic mass is 10.1. The van der Waals surface area contributed by atoms with Crippen molar-refractivity contribution in [2.75, 3.05) is 21.5 Å². The van der Waals surface area contributed by atoms with Crippen molar-refractivity contribution in [1.82, 2.24) is 0 Å². The van der Waals surface area contributed by atoms with Crippen molar-refractivity contribution < 1.29 is 18.0 Å². The first-order valence-electron chi connectivity index (χ1n) is 10.2. The number of aryl methyl sites for hydroxylation is 1. The topological polar surface area (TPSA) is 95.6 Å². The first-order valence-corrected chi connectivity index (χ1v) is 11.7. The van der Waals surface area contributed by atoms with Crippen LogP contribution in [-0.2, 0) is 14.8 Å². The molecule has 1 fully saturated rings. The highest BCUT2D eigenvalue weighted by Crippen LogP contribution is 2.30. The predicted octanol–water partition coefficient (Wildman–Crippen LogP) is 4.17. The van der Waals surface area contributed by atoms with Crippen LogP contribution in [0.2, 0.25) is 0 Å². The largest absolute Gasteiger partial charge is 0.320 e. The predicted molar refractivity (Wildman–Crippen MR) is 124 cm³/mol. The van der Waals surface area contributed by atoms with E-state index in [1.165, 1.54) is 18.2 Å². The number of rotatable bonds is 6. The Kier molecular flexibility index (Phi) is 5.96. The average Bonchev–Trinajstić information content (AvgIpc) is 3.20. The maximum Gasteiger partial charge on any atom is 0.261 e. The molecule has 0 radical (unpaired) electrons. The van der Waals surface area contributed by atoms with Gasteiger partial charge >= 0.3 is 0 Å². The summed E-state index contributed by atoms with van der Waals surface area (Å²) in [5.74, 6) is -0.375. The molecule has 1 saturated heterocycles. The summed E-state index contributed by atoms with van der Waals surface area (Å²) in [6.07, 6.45) is 1.27. The van der Waals surface area contributed by atoms with Crippen LogP contribution < -0.4 is 14.9 Å². The van der Waals surface area contributed by atoms with Gasteiger partial charge in [-0.3, -0.25) is 14.3 Å². The Hall–Kier alpha value is -3.65. The van der Waals surface area contributed by atoms with Crippen LogP contribution in [0.25, 0.3) is 0 Å². The number of benzene rings is 3. The number of nitrogens with zero attached hydrogens (tertiary/aromatic N) is 1. The van der Waals surface area contributed by atoms with Crippen LogP contribution in [0.15, 0.2) is 77.7 Å². The summed E-state index contributed by atoms with van der Waals surface area (Å²) in [4.78, 5) is 26.8. The first kappa shape index (κ1) is 21.6. The maximum absolute atomic E-state index is 12.9. The molecule has 7 nitrogen and oxygen atoms in total. The number of anilines is 3. The number of hydrogen-bond donors (Lipinski definition) is 2. The van der Waals surface area contributed by atoms with Gasteiger partial charge in [0, 0.05) is 24.2 Å². The highest BCUT2D eigenvalue weighted by Gasteiger charge is 2.24. The molecule has 0 saturated carbocycles. The van der Waals surface area contributed by atoms with Crippen molar-refractivity contribution in [2.24, 2.45) is 0 Å². The molecule has 1 aliphatic rings. The Morgan fingerprint density at radius 2 is 1.72 bits per heavy atom. The fourth-order valence-corrected chi connectivity index (χ4v) is 4.62. The van der Waals surface area contributed by atoms with Crippen molar-refractivity contribution >= 4 is 38.9 Å². The van der Waals surface area contributed by atoms with Gasteiger partial charge in [0.15, 0.2) is 0 Å². The molecule has 0 atom stereocenters. The van der Waals surface area contributed by atoms with Crippen LogP contribution in [0.4, 0.5) is 17.1 Å². The number of hydrogen-bond acceptors (Lipinski definition) is 4. The molecular weight excluding hydrogens is 426 g/mol. The summed E-state index contributed by atoms with van der Waals surface area (Å²) in [5.41, 5.74) is 2.70. The molecule has 164 valence electrons. The van der Waals surface area contributed by atoms with Gasteiger partial charge in [0.05, 0.1) is 16.3 Å². The van der Waals surface area contributed by atoms with Crippen molar-refractivity contribution in [1.29, 1.82) is 0 Å². The normalized spacial score (nSPS) is 13.8. The van der Waals surface area contributed by atoms with Gasteiger partial charge in [0.2, 0.25) is 5.91 Å². The van der Waals surface area contributed by atoms with E-state index in [2.05, 4.69) is 10.0 Å². The standard InChI is InChI=1S/C24H23N3O4S/c1-17-11-13-20(14-12-17)32(30,31)26-19-7-4-6-18(16-19)24(29)25-21-8-2-3-9-22(21)27-15-5-10-23(27)28/h2-4,6-9,11-14,16,26H,5,10,15H2,1H3,(H,25,29). The molecule has 3 aromatic rings. The molecule has 32 heavy (non-hydrogen) atoms. The molecule has 3 aromatic carbocycles. The van der Waals surface area contributed by atoms with Gasteiger partial charge in [0.25, 0.3) is 15.9 Å². The van der Waals surface area contributed by atoms with E-state index in [-0.39, 0.29) is 22.1 Å². The second-order valence-electron chi connectivity index (χ2n) is 7.62. The fourth-order valence-electron chi connectivity index (χ4n) is 3.57. The van der Waals surface area contributed by atoms with Crippen LogP contribution >= 0.6 is 0 Å². The summed E-state index contributed by atoms with van der Waals surface area (Å²) in [7, 11) is -3.78. The van der Waals surface area contributed by atoms with E-state index in [0.717, 1.165) is 12.0 Å². The smallest absolute Gasteiger partial charge is 0.261 e. The molecular formula is C24H23N3O4S. The molecule has 0 spiro atoms. The summed E-state index contributed by atoms with van der Waals surface area (Å²) in [6.45, 7) is 2.49. The monoisotopic (exact) mass is 449 g/mol. The van der Waals surface area contributed by atoms with E-state index < -0.39 is 15.9 Å². The Morgan fingerprint density at radius 1 is 0.969 bits per heavy atom. The number of carbonyl (C=O) groups excluding carboxylic acids is 2. The van der Waals surface area contributed by atoms with Crippen molar-refractivity contribution in [2.45, 2.75) is 24.7 Å². The molecule has 2 amide bonds. The summed E-state index contributed by atoms with van der Waals surface area (Å²) >= 11 is 0. The van der Waals surface area contributed by atoms with Gasteiger partial charge < -0.3 is 10.2 Å². The number of amides is 2. The molecule has 0 aromatic heterocycles. The second kappa shape index (κ2) is 8.84. The highest BCUT2D eigenvalue weighted by molar-refractivity contribution is 7.92. The van der Waals surface area contributed by atoms with Crippen LogP contribution in [-0.4, -0.2) is 26.8 Å². The lowest BCUT2D eigenvalue weighted by Crippen LogP contribution is -2.25. The van der Waals surface area contributed by atoms with Crippen LogP contribution in [0, 0.1) is 6.92 Å². The van der Waals surface area contributed by atoms with Crippen LogP contribution in [0.1, 0.15) is 28.8 Å². The summed E-state index contributed by atoms with van der Waals surface area (Å²) < 4.78 is 27.8. The number of nitrogens with one attached hydrogen (secondary N) is 2. The maximum atomic E-state index is 12.9. The Bertz CT molecular complexity index is 1270. The zero-order chi connectivity index (χ0) is 22.7. The Labute approximate surface area is 187 Å². The molecule has 1 heterocycles. The fraction of sp³-hybridized carbons (Fsp3) is 0.167.